The van der Waals surface area contributed by atoms with Gasteiger partial charge in [0.25, 0.3) is 0 Å². The molecule has 0 atom stereocenters. The highest BCUT2D eigenvalue weighted by molar-refractivity contribution is 5.90. The molecule has 0 fully saturated rings. The lowest BCUT2D eigenvalue weighted by molar-refractivity contribution is -0.118. The Kier molecular flexibility index (Phi) is 6.08. The van der Waals surface area contributed by atoms with Crippen LogP contribution in [0.2, 0.25) is 0 Å². The molecule has 5 rings (SSSR count). The van der Waals surface area contributed by atoms with E-state index < -0.39 is 0 Å². The second-order valence-corrected chi connectivity index (χ2v) is 9.71. The molecule has 0 aliphatic heterocycles. The maximum Gasteiger partial charge on any atom is 0.137 e. The molecule has 4 nitrogen and oxygen atoms in total. The van der Waals surface area contributed by atoms with Crippen molar-refractivity contribution in [1.82, 2.24) is 14.8 Å². The van der Waals surface area contributed by atoms with Gasteiger partial charge in [-0.05, 0) is 46.2 Å². The Morgan fingerprint density at radius 3 is 2.39 bits per heavy atom. The van der Waals surface area contributed by atoms with E-state index in [1.807, 2.05) is 18.2 Å². The van der Waals surface area contributed by atoms with Crippen LogP contribution in [-0.2, 0) is 37.0 Å². The van der Waals surface area contributed by atoms with Crippen LogP contribution in [0.15, 0.2) is 66.7 Å². The molecule has 4 heteroatoms. The fourth-order valence-corrected chi connectivity index (χ4v) is 5.14. The number of aromatic nitrogens is 3. The van der Waals surface area contributed by atoms with Crippen molar-refractivity contribution < 1.29 is 4.79 Å². The highest BCUT2D eigenvalue weighted by Crippen LogP contribution is 2.33. The SMILES string of the molecule is CC(C)Cn1c(CCC(=O)Cc2cccc3ccccc23)nnc1C1Cc2ccccc2C1. The van der Waals surface area contributed by atoms with Gasteiger partial charge in [-0.25, -0.2) is 0 Å². The molecule has 168 valence electrons. The lowest BCUT2D eigenvalue weighted by Gasteiger charge is -2.16. The van der Waals surface area contributed by atoms with Gasteiger partial charge in [0.1, 0.15) is 17.4 Å². The summed E-state index contributed by atoms with van der Waals surface area (Å²) >= 11 is 0. The molecule has 0 spiro atoms. The Hall–Kier alpha value is -3.27. The summed E-state index contributed by atoms with van der Waals surface area (Å²) in [6.45, 7) is 5.34. The van der Waals surface area contributed by atoms with Crippen LogP contribution >= 0.6 is 0 Å². The Balaban J connectivity index is 1.31. The number of aryl methyl sites for hydroxylation is 1. The summed E-state index contributed by atoms with van der Waals surface area (Å²) in [4.78, 5) is 12.9. The third kappa shape index (κ3) is 4.61. The number of Topliss-reactive ketones (excluding diaryl/α,β-unsaturated/α-hetero) is 1. The van der Waals surface area contributed by atoms with E-state index >= 15 is 0 Å². The highest BCUT2D eigenvalue weighted by Gasteiger charge is 2.28. The molecule has 33 heavy (non-hydrogen) atoms. The van der Waals surface area contributed by atoms with E-state index in [1.54, 1.807) is 0 Å². The highest BCUT2D eigenvalue weighted by atomic mass is 16.1. The average Bonchev–Trinajstić information content (AvgIpc) is 3.41. The van der Waals surface area contributed by atoms with Gasteiger partial charge < -0.3 is 4.57 Å². The Bertz CT molecular complexity index is 1260. The number of benzene rings is 3. The first-order valence-electron chi connectivity index (χ1n) is 12.1. The quantitative estimate of drug-likeness (QED) is 0.354. The molecule has 4 aromatic rings. The minimum absolute atomic E-state index is 0.250. The maximum atomic E-state index is 12.9. The van der Waals surface area contributed by atoms with Gasteiger partial charge in [0.2, 0.25) is 0 Å². The van der Waals surface area contributed by atoms with Crippen LogP contribution in [0, 0.1) is 5.92 Å². The number of rotatable bonds is 8. The molecule has 0 amide bonds. The summed E-state index contributed by atoms with van der Waals surface area (Å²) in [5.41, 5.74) is 3.95. The second-order valence-electron chi connectivity index (χ2n) is 9.71. The minimum atomic E-state index is 0.250. The zero-order chi connectivity index (χ0) is 22.8. The standard InChI is InChI=1S/C29H31N3O/c1-20(2)19-32-28(30-31-29(32)25-16-22-9-3-4-10-23(22)17-25)15-14-26(33)18-24-12-7-11-21-8-5-6-13-27(21)24/h3-13,20,25H,14-19H2,1-2H3. The average molecular weight is 438 g/mol. The van der Waals surface area contributed by atoms with Crippen molar-refractivity contribution in [2.24, 2.45) is 5.92 Å². The summed E-state index contributed by atoms with van der Waals surface area (Å²) in [5.74, 6) is 3.14. The molecule has 3 aromatic carbocycles. The molecule has 1 aromatic heterocycles. The number of carbonyl (C=O) groups excluding carboxylic acids is 1. The topological polar surface area (TPSA) is 47.8 Å². The molecular weight excluding hydrogens is 406 g/mol. The van der Waals surface area contributed by atoms with E-state index in [-0.39, 0.29) is 5.78 Å². The Labute approximate surface area is 195 Å². The largest absolute Gasteiger partial charge is 0.314 e. The smallest absolute Gasteiger partial charge is 0.137 e. The van der Waals surface area contributed by atoms with Gasteiger partial charge in [0.15, 0.2) is 0 Å². The first kappa shape index (κ1) is 21.6. The monoisotopic (exact) mass is 437 g/mol. The number of fused-ring (bicyclic) bond motifs is 2. The normalized spacial score (nSPS) is 13.7. The first-order chi connectivity index (χ1) is 16.1. The van der Waals surface area contributed by atoms with E-state index in [0.717, 1.165) is 36.6 Å². The van der Waals surface area contributed by atoms with Crippen molar-refractivity contribution >= 4 is 16.6 Å². The van der Waals surface area contributed by atoms with Crippen LogP contribution in [0.5, 0.6) is 0 Å². The lowest BCUT2D eigenvalue weighted by Crippen LogP contribution is -2.16. The molecule has 0 N–H and O–H groups in total. The van der Waals surface area contributed by atoms with Crippen LogP contribution in [0.4, 0.5) is 0 Å². The second kappa shape index (κ2) is 9.30. The van der Waals surface area contributed by atoms with E-state index in [2.05, 4.69) is 77.1 Å². The fraction of sp³-hybridized carbons (Fsp3) is 0.345. The molecule has 0 bridgehead atoms. The fourth-order valence-electron chi connectivity index (χ4n) is 5.14. The number of hydrogen-bond acceptors (Lipinski definition) is 3. The van der Waals surface area contributed by atoms with Crippen molar-refractivity contribution in [2.75, 3.05) is 0 Å². The van der Waals surface area contributed by atoms with Crippen molar-refractivity contribution in [2.45, 2.75) is 58.4 Å². The molecule has 1 heterocycles. The van der Waals surface area contributed by atoms with Gasteiger partial charge in [-0.2, -0.15) is 0 Å². The minimum Gasteiger partial charge on any atom is -0.314 e. The van der Waals surface area contributed by atoms with Gasteiger partial charge in [-0.1, -0.05) is 80.6 Å². The molecule has 0 unspecified atom stereocenters. The molecule has 1 aliphatic rings. The predicted octanol–water partition coefficient (Wildman–Crippen LogP) is 5.71. The third-order valence-electron chi connectivity index (χ3n) is 6.71. The Morgan fingerprint density at radius 2 is 1.64 bits per heavy atom. The van der Waals surface area contributed by atoms with E-state index in [1.165, 1.54) is 21.9 Å². The number of ketones is 1. The molecular formula is C29H31N3O. The zero-order valence-corrected chi connectivity index (χ0v) is 19.5. The van der Waals surface area contributed by atoms with Crippen LogP contribution in [0.1, 0.15) is 54.5 Å². The van der Waals surface area contributed by atoms with Crippen molar-refractivity contribution in [3.63, 3.8) is 0 Å². The molecule has 0 saturated carbocycles. The van der Waals surface area contributed by atoms with E-state index in [0.29, 0.717) is 31.1 Å². The molecule has 0 saturated heterocycles. The summed E-state index contributed by atoms with van der Waals surface area (Å²) in [6, 6.07) is 23.2. The van der Waals surface area contributed by atoms with Crippen LogP contribution in [0.3, 0.4) is 0 Å². The summed E-state index contributed by atoms with van der Waals surface area (Å²) in [5, 5.41) is 11.6. The van der Waals surface area contributed by atoms with Gasteiger partial charge >= 0.3 is 0 Å². The van der Waals surface area contributed by atoms with Crippen molar-refractivity contribution in [3.05, 3.63) is 95.1 Å². The molecule has 0 radical (unpaired) electrons. The number of hydrogen-bond donors (Lipinski definition) is 0. The summed E-state index contributed by atoms with van der Waals surface area (Å²) in [7, 11) is 0. The maximum absolute atomic E-state index is 12.9. The van der Waals surface area contributed by atoms with Crippen molar-refractivity contribution in [3.8, 4) is 0 Å². The third-order valence-corrected chi connectivity index (χ3v) is 6.71. The van der Waals surface area contributed by atoms with E-state index in [9.17, 15) is 4.79 Å². The van der Waals surface area contributed by atoms with Gasteiger partial charge in [0, 0.05) is 31.7 Å². The van der Waals surface area contributed by atoms with E-state index in [4.69, 9.17) is 0 Å². The number of carbonyl (C=O) groups is 1. The van der Waals surface area contributed by atoms with Gasteiger partial charge in [-0.3, -0.25) is 4.79 Å². The van der Waals surface area contributed by atoms with Crippen LogP contribution in [0.25, 0.3) is 10.8 Å². The number of nitrogens with zero attached hydrogens (tertiary/aromatic N) is 3. The first-order valence-corrected chi connectivity index (χ1v) is 12.1. The zero-order valence-electron chi connectivity index (χ0n) is 19.5. The predicted molar refractivity (Wildman–Crippen MR) is 132 cm³/mol. The molecule has 1 aliphatic carbocycles. The van der Waals surface area contributed by atoms with Crippen molar-refractivity contribution in [1.29, 1.82) is 0 Å². The van der Waals surface area contributed by atoms with Gasteiger partial charge in [0.05, 0.1) is 0 Å². The summed E-state index contributed by atoms with van der Waals surface area (Å²) < 4.78 is 2.30. The van der Waals surface area contributed by atoms with Crippen LogP contribution in [-0.4, -0.2) is 20.5 Å². The Morgan fingerprint density at radius 1 is 0.939 bits per heavy atom. The summed E-state index contributed by atoms with van der Waals surface area (Å²) in [6.07, 6.45) is 3.64. The van der Waals surface area contributed by atoms with Gasteiger partial charge in [-0.15, -0.1) is 10.2 Å². The lowest BCUT2D eigenvalue weighted by atomic mass is 9.99. The van der Waals surface area contributed by atoms with Crippen LogP contribution < -0.4 is 0 Å².